The Bertz CT molecular complexity index is 1130. The number of nitrogens with one attached hydrogen (secondary N) is 1. The Balaban J connectivity index is 1.68. The van der Waals surface area contributed by atoms with E-state index in [-0.39, 0.29) is 12.3 Å². The van der Waals surface area contributed by atoms with Gasteiger partial charge in [-0.3, -0.25) is 15.2 Å². The van der Waals surface area contributed by atoms with Gasteiger partial charge in [0.15, 0.2) is 6.21 Å². The molecule has 0 saturated heterocycles. The summed E-state index contributed by atoms with van der Waals surface area (Å²) >= 11 is 1.66. The van der Waals surface area contributed by atoms with Crippen LogP contribution in [0.15, 0.2) is 66.9 Å². The molecule has 0 radical (unpaired) electrons. The smallest absolute Gasteiger partial charge is 0.230 e. The van der Waals surface area contributed by atoms with Gasteiger partial charge < -0.3 is 11.1 Å². The molecule has 2 heterocycles. The first-order valence-electron chi connectivity index (χ1n) is 8.81. The van der Waals surface area contributed by atoms with E-state index in [2.05, 4.69) is 28.5 Å². The lowest BCUT2D eigenvalue weighted by Gasteiger charge is -2.11. The summed E-state index contributed by atoms with van der Waals surface area (Å²) in [6.07, 6.45) is 3.33. The molecule has 5 N–H and O–H groups in total. The number of amides is 1. The lowest BCUT2D eigenvalue weighted by Crippen LogP contribution is -2.30. The third-order valence-electron chi connectivity index (χ3n) is 4.43. The first kappa shape index (κ1) is 17.9. The molecule has 4 aromatic rings. The Kier molecular flexibility index (Phi) is 4.87. The Hall–Kier alpha value is -3.51. The highest BCUT2D eigenvalue weighted by Gasteiger charge is 2.14. The molecule has 0 unspecified atom stereocenters. The minimum Gasteiger partial charge on any atom is -0.398 e. The molecule has 6 heteroatoms. The SMILES string of the molecule is Nc1c(C=[NH2+])cc(NC(=O)Cc2ccccn2)cc1-c1cc2ccccc2s1. The number of hydrogen-bond acceptors (Lipinski definition) is 4. The normalized spacial score (nSPS) is 10.7. The molecule has 0 aliphatic heterocycles. The molecule has 0 fully saturated rings. The van der Waals surface area contributed by atoms with Gasteiger partial charge in [-0.15, -0.1) is 11.3 Å². The number of pyridine rings is 1. The second-order valence-electron chi connectivity index (χ2n) is 6.39. The van der Waals surface area contributed by atoms with Crippen LogP contribution in [-0.4, -0.2) is 17.1 Å². The fourth-order valence-corrected chi connectivity index (χ4v) is 4.17. The molecule has 1 amide bonds. The molecule has 0 saturated carbocycles. The number of nitrogen functional groups attached to an aromatic ring is 1. The molecule has 2 aromatic carbocycles. The van der Waals surface area contributed by atoms with E-state index in [1.54, 1.807) is 23.6 Å². The largest absolute Gasteiger partial charge is 0.398 e. The number of nitrogens with zero attached hydrogens (tertiary/aromatic N) is 1. The minimum absolute atomic E-state index is 0.145. The number of thiophene rings is 1. The monoisotopic (exact) mass is 387 g/mol. The number of aromatic nitrogens is 1. The van der Waals surface area contributed by atoms with Gasteiger partial charge in [-0.2, -0.15) is 0 Å². The van der Waals surface area contributed by atoms with Gasteiger partial charge >= 0.3 is 0 Å². The number of rotatable bonds is 5. The van der Waals surface area contributed by atoms with Crippen molar-refractivity contribution in [2.24, 2.45) is 0 Å². The van der Waals surface area contributed by atoms with Gasteiger partial charge in [0, 0.05) is 32.7 Å². The fraction of sp³-hybridized carbons (Fsp3) is 0.0455. The topological polar surface area (TPSA) is 93.6 Å². The van der Waals surface area contributed by atoms with E-state index in [1.165, 1.54) is 10.9 Å². The number of nitrogens with two attached hydrogens (primary N) is 2. The van der Waals surface area contributed by atoms with Crippen LogP contribution in [0.25, 0.3) is 20.5 Å². The summed E-state index contributed by atoms with van der Waals surface area (Å²) in [5.74, 6) is -0.145. The van der Waals surface area contributed by atoms with Gasteiger partial charge in [0.25, 0.3) is 0 Å². The van der Waals surface area contributed by atoms with E-state index < -0.39 is 0 Å². The van der Waals surface area contributed by atoms with E-state index >= 15 is 0 Å². The molecule has 0 aliphatic carbocycles. The minimum atomic E-state index is -0.145. The van der Waals surface area contributed by atoms with Crippen LogP contribution in [0.1, 0.15) is 11.3 Å². The fourth-order valence-electron chi connectivity index (χ4n) is 3.08. The maximum absolute atomic E-state index is 12.4. The highest BCUT2D eigenvalue weighted by molar-refractivity contribution is 7.22. The molecule has 0 bridgehead atoms. The van der Waals surface area contributed by atoms with Gasteiger partial charge in [-0.05, 0) is 41.8 Å². The molecular weight excluding hydrogens is 368 g/mol. The zero-order chi connectivity index (χ0) is 19.5. The van der Waals surface area contributed by atoms with Crippen LogP contribution >= 0.6 is 11.3 Å². The third-order valence-corrected chi connectivity index (χ3v) is 5.58. The number of anilines is 2. The van der Waals surface area contributed by atoms with Gasteiger partial charge in [0.1, 0.15) is 0 Å². The second-order valence-corrected chi connectivity index (χ2v) is 7.47. The predicted octanol–water partition coefficient (Wildman–Crippen LogP) is 2.90. The number of hydrogen-bond donors (Lipinski definition) is 3. The van der Waals surface area contributed by atoms with Crippen LogP contribution in [0.3, 0.4) is 0 Å². The van der Waals surface area contributed by atoms with Crippen LogP contribution in [0.5, 0.6) is 0 Å². The van der Waals surface area contributed by atoms with Crippen molar-refractivity contribution in [3.63, 3.8) is 0 Å². The summed E-state index contributed by atoms with van der Waals surface area (Å²) in [5.41, 5.74) is 9.84. The molecule has 0 aliphatic rings. The lowest BCUT2D eigenvalue weighted by atomic mass is 10.0. The van der Waals surface area contributed by atoms with Crippen molar-refractivity contribution >= 4 is 44.9 Å². The highest BCUT2D eigenvalue weighted by atomic mass is 32.1. The van der Waals surface area contributed by atoms with Gasteiger partial charge in [0.2, 0.25) is 5.91 Å². The Morgan fingerprint density at radius 1 is 1.14 bits per heavy atom. The van der Waals surface area contributed by atoms with Gasteiger partial charge in [-0.1, -0.05) is 24.3 Å². The summed E-state index contributed by atoms with van der Waals surface area (Å²) in [6.45, 7) is 0. The maximum Gasteiger partial charge on any atom is 0.230 e. The zero-order valence-electron chi connectivity index (χ0n) is 15.1. The number of carbonyl (C=O) groups is 1. The Morgan fingerprint density at radius 2 is 1.96 bits per heavy atom. The standard InChI is InChI=1S/C22H18N4OS/c23-13-15-9-17(26-21(27)12-16-6-3-4-8-25-16)11-18(22(15)24)20-10-14-5-1-2-7-19(14)28-20/h1-11,13,23H,12,24H2,(H,26,27)/p+1. The molecule has 5 nitrogen and oxygen atoms in total. The quantitative estimate of drug-likeness (QED) is 0.363. The van der Waals surface area contributed by atoms with Crippen LogP contribution in [0.4, 0.5) is 11.4 Å². The summed E-state index contributed by atoms with van der Waals surface area (Å²) in [7, 11) is 0. The van der Waals surface area contributed by atoms with E-state index in [1.807, 2.05) is 36.4 Å². The number of fused-ring (bicyclic) bond motifs is 1. The van der Waals surface area contributed by atoms with Crippen molar-refractivity contribution in [3.05, 3.63) is 78.1 Å². The molecule has 0 spiro atoms. The van der Waals surface area contributed by atoms with E-state index in [9.17, 15) is 4.79 Å². The first-order chi connectivity index (χ1) is 13.6. The van der Waals surface area contributed by atoms with Gasteiger partial charge in [-0.25, -0.2) is 0 Å². The van der Waals surface area contributed by atoms with E-state index in [0.29, 0.717) is 22.6 Å². The molecular formula is C22H19N4OS+. The van der Waals surface area contributed by atoms with Crippen molar-refractivity contribution in [2.45, 2.75) is 6.42 Å². The number of benzene rings is 2. The zero-order valence-corrected chi connectivity index (χ0v) is 15.9. The van der Waals surface area contributed by atoms with Crippen LogP contribution in [-0.2, 0) is 11.2 Å². The van der Waals surface area contributed by atoms with Crippen LogP contribution in [0, 0.1) is 0 Å². The molecule has 4 rings (SSSR count). The second kappa shape index (κ2) is 7.62. The summed E-state index contributed by atoms with van der Waals surface area (Å²) in [5, 5.41) is 9.86. The van der Waals surface area contributed by atoms with Crippen LogP contribution < -0.4 is 16.5 Å². The van der Waals surface area contributed by atoms with Crippen molar-refractivity contribution in [1.82, 2.24) is 4.98 Å². The third kappa shape index (κ3) is 3.63. The lowest BCUT2D eigenvalue weighted by molar-refractivity contribution is -0.115. The van der Waals surface area contributed by atoms with Gasteiger partial charge in [0.05, 0.1) is 17.7 Å². The summed E-state index contributed by atoms with van der Waals surface area (Å²) < 4.78 is 1.18. The first-order valence-corrected chi connectivity index (χ1v) is 9.63. The summed E-state index contributed by atoms with van der Waals surface area (Å²) in [6, 6.07) is 19.5. The molecule has 138 valence electrons. The average Bonchev–Trinajstić information content (AvgIpc) is 3.14. The highest BCUT2D eigenvalue weighted by Crippen LogP contribution is 2.38. The Morgan fingerprint density at radius 3 is 2.71 bits per heavy atom. The average molecular weight is 387 g/mol. The maximum atomic E-state index is 12.4. The predicted molar refractivity (Wildman–Crippen MR) is 115 cm³/mol. The molecule has 2 aromatic heterocycles. The van der Waals surface area contributed by atoms with Crippen molar-refractivity contribution in [3.8, 4) is 10.4 Å². The van der Waals surface area contributed by atoms with Crippen molar-refractivity contribution in [2.75, 3.05) is 11.1 Å². The van der Waals surface area contributed by atoms with Crippen molar-refractivity contribution < 1.29 is 10.2 Å². The van der Waals surface area contributed by atoms with E-state index in [0.717, 1.165) is 15.8 Å². The molecule has 28 heavy (non-hydrogen) atoms. The van der Waals surface area contributed by atoms with Crippen LogP contribution in [0.2, 0.25) is 0 Å². The Labute approximate surface area is 166 Å². The summed E-state index contributed by atoms with van der Waals surface area (Å²) in [4.78, 5) is 17.7. The van der Waals surface area contributed by atoms with E-state index in [4.69, 9.17) is 11.1 Å². The van der Waals surface area contributed by atoms with Crippen molar-refractivity contribution in [1.29, 1.82) is 0 Å². The number of carbonyl (C=O) groups excluding carboxylic acids is 1. The molecule has 0 atom stereocenters.